The Kier molecular flexibility index (Phi) is 7.05. The first-order chi connectivity index (χ1) is 14.3. The normalized spacial score (nSPS) is 13.1. The summed E-state index contributed by atoms with van der Waals surface area (Å²) in [5.41, 5.74) is 2.88. The van der Waals surface area contributed by atoms with E-state index in [1.807, 2.05) is 74.0 Å². The molecular weight excluding hydrogens is 396 g/mol. The predicted octanol–water partition coefficient (Wildman–Crippen LogP) is 3.95. The van der Waals surface area contributed by atoms with Crippen LogP contribution in [0.4, 0.5) is 0 Å². The van der Waals surface area contributed by atoms with Gasteiger partial charge in [0.1, 0.15) is 0 Å². The van der Waals surface area contributed by atoms with Gasteiger partial charge in [-0.2, -0.15) is 0 Å². The number of aromatic nitrogens is 3. The maximum Gasteiger partial charge on any atom is 0.228 e. The molecule has 160 valence electrons. The molecule has 0 aliphatic rings. The van der Waals surface area contributed by atoms with Crippen molar-refractivity contribution in [1.82, 2.24) is 19.4 Å². The first kappa shape index (κ1) is 22.2. The minimum Gasteiger partial charge on any atom is -0.313 e. The van der Waals surface area contributed by atoms with E-state index in [-0.39, 0.29) is 22.9 Å². The Labute approximate surface area is 179 Å². The fourth-order valence-electron chi connectivity index (χ4n) is 3.46. The lowest BCUT2D eigenvalue weighted by Gasteiger charge is -2.25. The highest BCUT2D eigenvalue weighted by molar-refractivity contribution is 7.91. The molecule has 2 aromatic heterocycles. The van der Waals surface area contributed by atoms with Gasteiger partial charge in [-0.25, -0.2) is 13.4 Å². The van der Waals surface area contributed by atoms with Crippen molar-refractivity contribution in [2.45, 2.75) is 45.1 Å². The number of hydrogen-bond donors (Lipinski definition) is 0. The maximum absolute atomic E-state index is 13.0. The summed E-state index contributed by atoms with van der Waals surface area (Å²) in [6.45, 7) is 6.94. The van der Waals surface area contributed by atoms with Crippen LogP contribution in [0.2, 0.25) is 0 Å². The second-order valence-corrected chi connectivity index (χ2v) is 10.1. The smallest absolute Gasteiger partial charge is 0.228 e. The van der Waals surface area contributed by atoms with E-state index in [1.54, 1.807) is 12.4 Å². The third kappa shape index (κ3) is 5.34. The standard InChI is InChI=1S/C23H30N4O2S/c1-18(2)17-30(28,29)23-25-14-21(27(23)15-20-10-6-5-7-11-20)16-26(4)19(3)22-12-8-9-13-24-22/h5-14,18-19H,15-17H2,1-4H3. The monoisotopic (exact) mass is 426 g/mol. The van der Waals surface area contributed by atoms with Crippen molar-refractivity contribution in [1.29, 1.82) is 0 Å². The summed E-state index contributed by atoms with van der Waals surface area (Å²) < 4.78 is 27.8. The molecule has 0 N–H and O–H groups in total. The molecular formula is C23H30N4O2S. The Balaban J connectivity index is 1.93. The van der Waals surface area contributed by atoms with Crippen LogP contribution in [-0.2, 0) is 22.9 Å². The van der Waals surface area contributed by atoms with E-state index in [4.69, 9.17) is 0 Å². The largest absolute Gasteiger partial charge is 0.313 e. The van der Waals surface area contributed by atoms with Crippen LogP contribution in [0.1, 0.15) is 43.8 Å². The van der Waals surface area contributed by atoms with Crippen molar-refractivity contribution in [3.05, 3.63) is 77.9 Å². The van der Waals surface area contributed by atoms with Gasteiger partial charge in [0.05, 0.1) is 29.9 Å². The predicted molar refractivity (Wildman–Crippen MR) is 119 cm³/mol. The molecule has 1 aromatic carbocycles. The topological polar surface area (TPSA) is 68.1 Å². The van der Waals surface area contributed by atoms with Gasteiger partial charge in [-0.05, 0) is 37.6 Å². The van der Waals surface area contributed by atoms with Crippen LogP contribution in [0, 0.1) is 5.92 Å². The number of pyridine rings is 1. The molecule has 0 aliphatic heterocycles. The summed E-state index contributed by atoms with van der Waals surface area (Å²) in [7, 11) is -1.46. The minimum absolute atomic E-state index is 0.0344. The molecule has 0 saturated carbocycles. The quantitative estimate of drug-likeness (QED) is 0.518. The van der Waals surface area contributed by atoms with Gasteiger partial charge in [0.2, 0.25) is 15.0 Å². The second kappa shape index (κ2) is 9.53. The third-order valence-electron chi connectivity index (χ3n) is 5.10. The molecule has 7 heteroatoms. The molecule has 0 aliphatic carbocycles. The van der Waals surface area contributed by atoms with Gasteiger partial charge in [0, 0.05) is 18.8 Å². The third-order valence-corrected chi connectivity index (χ3v) is 7.09. The van der Waals surface area contributed by atoms with Crippen LogP contribution in [0.3, 0.4) is 0 Å². The van der Waals surface area contributed by atoms with E-state index in [1.165, 1.54) is 0 Å². The van der Waals surface area contributed by atoms with Crippen LogP contribution in [-0.4, -0.2) is 40.7 Å². The molecule has 6 nitrogen and oxygen atoms in total. The minimum atomic E-state index is -3.48. The number of sulfone groups is 1. The van der Waals surface area contributed by atoms with Crippen molar-refractivity contribution in [2.24, 2.45) is 5.92 Å². The van der Waals surface area contributed by atoms with Gasteiger partial charge in [0.15, 0.2) is 0 Å². The highest BCUT2D eigenvalue weighted by Gasteiger charge is 2.25. The molecule has 1 unspecified atom stereocenters. The number of benzene rings is 1. The van der Waals surface area contributed by atoms with Gasteiger partial charge < -0.3 is 4.57 Å². The summed E-state index contributed by atoms with van der Waals surface area (Å²) in [5.74, 6) is 0.116. The van der Waals surface area contributed by atoms with Gasteiger partial charge in [-0.3, -0.25) is 9.88 Å². The molecule has 2 heterocycles. The molecule has 1 atom stereocenters. The van der Waals surface area contributed by atoms with Crippen molar-refractivity contribution in [3.63, 3.8) is 0 Å². The van der Waals surface area contributed by atoms with Crippen molar-refractivity contribution in [2.75, 3.05) is 12.8 Å². The van der Waals surface area contributed by atoms with Crippen LogP contribution in [0.5, 0.6) is 0 Å². The van der Waals surface area contributed by atoms with E-state index in [0.717, 1.165) is 17.0 Å². The van der Waals surface area contributed by atoms with Crippen molar-refractivity contribution < 1.29 is 8.42 Å². The summed E-state index contributed by atoms with van der Waals surface area (Å²) in [4.78, 5) is 11.0. The van der Waals surface area contributed by atoms with Crippen LogP contribution >= 0.6 is 0 Å². The Morgan fingerprint density at radius 2 is 1.70 bits per heavy atom. The Morgan fingerprint density at radius 1 is 1.00 bits per heavy atom. The number of nitrogens with zero attached hydrogens (tertiary/aromatic N) is 4. The van der Waals surface area contributed by atoms with E-state index in [0.29, 0.717) is 13.1 Å². The highest BCUT2D eigenvalue weighted by Crippen LogP contribution is 2.22. The SMILES string of the molecule is CC(C)CS(=O)(=O)c1ncc(CN(C)C(C)c2ccccn2)n1Cc1ccccc1. The molecule has 0 amide bonds. The van der Waals surface area contributed by atoms with E-state index in [9.17, 15) is 8.42 Å². The fourth-order valence-corrected chi connectivity index (χ4v) is 5.21. The van der Waals surface area contributed by atoms with Crippen molar-refractivity contribution in [3.8, 4) is 0 Å². The summed E-state index contributed by atoms with van der Waals surface area (Å²) in [6.07, 6.45) is 3.48. The van der Waals surface area contributed by atoms with E-state index in [2.05, 4.69) is 21.8 Å². The number of rotatable bonds is 9. The lowest BCUT2D eigenvalue weighted by Crippen LogP contribution is -2.25. The summed E-state index contributed by atoms with van der Waals surface area (Å²) in [5, 5.41) is 0.147. The fraction of sp³-hybridized carbons (Fsp3) is 0.391. The Hall–Kier alpha value is -2.51. The first-order valence-electron chi connectivity index (χ1n) is 10.2. The first-order valence-corrected chi connectivity index (χ1v) is 11.9. The van der Waals surface area contributed by atoms with Crippen LogP contribution < -0.4 is 0 Å². The molecule has 0 saturated heterocycles. The zero-order valence-corrected chi connectivity index (χ0v) is 18.9. The van der Waals surface area contributed by atoms with Gasteiger partial charge >= 0.3 is 0 Å². The number of imidazole rings is 1. The molecule has 3 aromatic rings. The Bertz CT molecular complexity index is 1050. The van der Waals surface area contributed by atoms with Crippen LogP contribution in [0.15, 0.2) is 66.1 Å². The zero-order valence-electron chi connectivity index (χ0n) is 18.1. The molecule has 3 rings (SSSR count). The maximum atomic E-state index is 13.0. The lowest BCUT2D eigenvalue weighted by atomic mass is 10.2. The van der Waals surface area contributed by atoms with Crippen LogP contribution in [0.25, 0.3) is 0 Å². The summed E-state index contributed by atoms with van der Waals surface area (Å²) >= 11 is 0. The zero-order chi connectivity index (χ0) is 21.7. The highest BCUT2D eigenvalue weighted by atomic mass is 32.2. The van der Waals surface area contributed by atoms with Gasteiger partial charge in [0.25, 0.3) is 0 Å². The lowest BCUT2D eigenvalue weighted by molar-refractivity contribution is 0.242. The molecule has 0 bridgehead atoms. The Morgan fingerprint density at radius 3 is 2.33 bits per heavy atom. The van der Waals surface area contributed by atoms with Gasteiger partial charge in [-0.1, -0.05) is 50.2 Å². The molecule has 0 radical (unpaired) electrons. The van der Waals surface area contributed by atoms with E-state index < -0.39 is 9.84 Å². The van der Waals surface area contributed by atoms with E-state index >= 15 is 0 Å². The second-order valence-electron chi connectivity index (χ2n) is 8.12. The molecule has 0 fully saturated rings. The average molecular weight is 427 g/mol. The average Bonchev–Trinajstić information content (AvgIpc) is 3.11. The number of hydrogen-bond acceptors (Lipinski definition) is 5. The molecule has 30 heavy (non-hydrogen) atoms. The van der Waals surface area contributed by atoms with Gasteiger partial charge in [-0.15, -0.1) is 0 Å². The molecule has 0 spiro atoms. The van der Waals surface area contributed by atoms with Crippen molar-refractivity contribution >= 4 is 9.84 Å². The summed E-state index contributed by atoms with van der Waals surface area (Å²) in [6, 6.07) is 15.8.